The molecule has 0 saturated heterocycles. The maximum atomic E-state index is 8.84. The van der Waals surface area contributed by atoms with Crippen LogP contribution >= 0.6 is 11.8 Å². The van der Waals surface area contributed by atoms with Crippen LogP contribution < -0.4 is 0 Å². The third kappa shape index (κ3) is 7.95. The van der Waals surface area contributed by atoms with Crippen LogP contribution in [-0.4, -0.2) is 5.75 Å². The highest BCUT2D eigenvalue weighted by molar-refractivity contribution is 7.98. The van der Waals surface area contributed by atoms with E-state index in [0.717, 1.165) is 11.3 Å². The zero-order chi connectivity index (χ0) is 13.8. The fraction of sp³-hybridized carbons (Fsp3) is 0.588. The number of nitriles is 1. The van der Waals surface area contributed by atoms with Gasteiger partial charge in [-0.05, 0) is 29.9 Å². The molecule has 0 N–H and O–H groups in total. The molecule has 0 aliphatic carbocycles. The molecule has 1 rings (SSSR count). The Balaban J connectivity index is 2.00. The van der Waals surface area contributed by atoms with E-state index in [1.165, 1.54) is 56.3 Å². The third-order valence-corrected chi connectivity index (χ3v) is 4.33. The van der Waals surface area contributed by atoms with E-state index >= 15 is 0 Å². The predicted molar refractivity (Wildman–Crippen MR) is 85.3 cm³/mol. The summed E-state index contributed by atoms with van der Waals surface area (Å²) in [4.78, 5) is 0. The van der Waals surface area contributed by atoms with Gasteiger partial charge in [-0.2, -0.15) is 17.0 Å². The summed E-state index contributed by atoms with van der Waals surface area (Å²) in [6, 6.07) is 10.1. The summed E-state index contributed by atoms with van der Waals surface area (Å²) in [5.41, 5.74) is 2.04. The lowest BCUT2D eigenvalue weighted by Gasteiger charge is -2.03. The molecular formula is C17H25NS. The molecule has 1 aromatic rings. The molecule has 104 valence electrons. The van der Waals surface area contributed by atoms with Crippen LogP contribution in [-0.2, 0) is 5.75 Å². The van der Waals surface area contributed by atoms with Gasteiger partial charge in [0.2, 0.25) is 0 Å². The normalized spacial score (nSPS) is 10.3. The second kappa shape index (κ2) is 10.9. The van der Waals surface area contributed by atoms with Crippen molar-refractivity contribution in [2.45, 2.75) is 57.6 Å². The van der Waals surface area contributed by atoms with E-state index in [1.54, 1.807) is 0 Å². The molecule has 0 fully saturated rings. The Hall–Kier alpha value is -0.940. The van der Waals surface area contributed by atoms with Crippen LogP contribution in [0.5, 0.6) is 0 Å². The molecule has 0 atom stereocenters. The second-order valence-electron chi connectivity index (χ2n) is 4.99. The number of hydrogen-bond acceptors (Lipinski definition) is 2. The highest BCUT2D eigenvalue weighted by Crippen LogP contribution is 2.16. The van der Waals surface area contributed by atoms with E-state index < -0.39 is 0 Å². The van der Waals surface area contributed by atoms with Gasteiger partial charge in [0.05, 0.1) is 11.6 Å². The van der Waals surface area contributed by atoms with Crippen LogP contribution in [0.25, 0.3) is 0 Å². The number of benzene rings is 1. The number of rotatable bonds is 10. The van der Waals surface area contributed by atoms with Crippen LogP contribution in [0.3, 0.4) is 0 Å². The van der Waals surface area contributed by atoms with Gasteiger partial charge in [0.15, 0.2) is 0 Å². The van der Waals surface area contributed by atoms with Gasteiger partial charge in [0.1, 0.15) is 0 Å². The fourth-order valence-electron chi connectivity index (χ4n) is 2.08. The average molecular weight is 275 g/mol. The van der Waals surface area contributed by atoms with Crippen molar-refractivity contribution in [1.29, 1.82) is 5.26 Å². The maximum Gasteiger partial charge on any atom is 0.0991 e. The quantitative estimate of drug-likeness (QED) is 0.523. The predicted octanol–water partition coefficient (Wildman–Crippen LogP) is 5.54. The third-order valence-electron chi connectivity index (χ3n) is 3.22. The van der Waals surface area contributed by atoms with Crippen LogP contribution in [0.2, 0.25) is 0 Å². The summed E-state index contributed by atoms with van der Waals surface area (Å²) in [7, 11) is 0. The molecule has 1 aromatic carbocycles. The van der Waals surface area contributed by atoms with Crippen molar-refractivity contribution in [2.24, 2.45) is 0 Å². The van der Waals surface area contributed by atoms with Crippen LogP contribution in [0.4, 0.5) is 0 Å². The van der Waals surface area contributed by atoms with Gasteiger partial charge >= 0.3 is 0 Å². The van der Waals surface area contributed by atoms with E-state index in [1.807, 2.05) is 30.0 Å². The SMILES string of the molecule is CCCCCCCCCSCc1cccc(C#N)c1. The van der Waals surface area contributed by atoms with Crippen molar-refractivity contribution in [3.8, 4) is 6.07 Å². The Morgan fingerprint density at radius 1 is 1.05 bits per heavy atom. The zero-order valence-electron chi connectivity index (χ0n) is 12.0. The Bertz CT molecular complexity index is 381. The summed E-state index contributed by atoms with van der Waals surface area (Å²) in [6.07, 6.45) is 9.63. The molecule has 0 spiro atoms. The number of hydrogen-bond donors (Lipinski definition) is 0. The molecule has 2 heteroatoms. The monoisotopic (exact) mass is 275 g/mol. The summed E-state index contributed by atoms with van der Waals surface area (Å²) in [5, 5.41) is 8.84. The Labute approximate surface area is 122 Å². The van der Waals surface area contributed by atoms with Gasteiger partial charge in [-0.3, -0.25) is 0 Å². The lowest BCUT2D eigenvalue weighted by atomic mass is 10.1. The van der Waals surface area contributed by atoms with Crippen LogP contribution in [0, 0.1) is 11.3 Å². The van der Waals surface area contributed by atoms with E-state index in [-0.39, 0.29) is 0 Å². The lowest BCUT2D eigenvalue weighted by Crippen LogP contribution is -1.86. The number of unbranched alkanes of at least 4 members (excludes halogenated alkanes) is 6. The van der Waals surface area contributed by atoms with Crippen molar-refractivity contribution in [3.63, 3.8) is 0 Å². The average Bonchev–Trinajstić information content (AvgIpc) is 2.46. The minimum Gasteiger partial charge on any atom is -0.192 e. The molecular weight excluding hydrogens is 250 g/mol. The first-order valence-electron chi connectivity index (χ1n) is 7.43. The van der Waals surface area contributed by atoms with Crippen molar-refractivity contribution >= 4 is 11.8 Å². The van der Waals surface area contributed by atoms with Gasteiger partial charge in [0, 0.05) is 5.75 Å². The van der Waals surface area contributed by atoms with E-state index in [2.05, 4.69) is 19.1 Å². The van der Waals surface area contributed by atoms with E-state index in [4.69, 9.17) is 5.26 Å². The number of thioether (sulfide) groups is 1. The molecule has 19 heavy (non-hydrogen) atoms. The smallest absolute Gasteiger partial charge is 0.0991 e. The minimum atomic E-state index is 0.772. The lowest BCUT2D eigenvalue weighted by molar-refractivity contribution is 0.603. The van der Waals surface area contributed by atoms with E-state index in [9.17, 15) is 0 Å². The first-order chi connectivity index (χ1) is 9.36. The van der Waals surface area contributed by atoms with Crippen molar-refractivity contribution in [1.82, 2.24) is 0 Å². The van der Waals surface area contributed by atoms with Crippen molar-refractivity contribution < 1.29 is 0 Å². The molecule has 0 unspecified atom stereocenters. The van der Waals surface area contributed by atoms with Gasteiger partial charge in [-0.15, -0.1) is 0 Å². The first-order valence-corrected chi connectivity index (χ1v) is 8.59. The van der Waals surface area contributed by atoms with Gasteiger partial charge < -0.3 is 0 Å². The minimum absolute atomic E-state index is 0.772. The molecule has 0 saturated carbocycles. The Morgan fingerprint density at radius 2 is 1.79 bits per heavy atom. The highest BCUT2D eigenvalue weighted by Gasteiger charge is 1.96. The second-order valence-corrected chi connectivity index (χ2v) is 6.09. The van der Waals surface area contributed by atoms with Crippen LogP contribution in [0.15, 0.2) is 24.3 Å². The standard InChI is InChI=1S/C17H25NS/c1-2-3-4-5-6-7-8-12-19-15-17-11-9-10-16(13-17)14-18/h9-11,13H,2-8,12,15H2,1H3. The molecule has 0 aliphatic heterocycles. The summed E-state index contributed by atoms with van der Waals surface area (Å²) in [6.45, 7) is 2.26. The molecule has 0 bridgehead atoms. The number of nitrogens with zero attached hydrogens (tertiary/aromatic N) is 1. The fourth-order valence-corrected chi connectivity index (χ4v) is 3.05. The highest BCUT2D eigenvalue weighted by atomic mass is 32.2. The summed E-state index contributed by atoms with van der Waals surface area (Å²) < 4.78 is 0. The zero-order valence-corrected chi connectivity index (χ0v) is 12.8. The molecule has 0 radical (unpaired) electrons. The Kier molecular flexibility index (Phi) is 9.27. The maximum absolute atomic E-state index is 8.84. The van der Waals surface area contributed by atoms with Crippen molar-refractivity contribution in [3.05, 3.63) is 35.4 Å². The van der Waals surface area contributed by atoms with Gasteiger partial charge in [-0.25, -0.2) is 0 Å². The van der Waals surface area contributed by atoms with E-state index in [0.29, 0.717) is 0 Å². The molecule has 0 heterocycles. The summed E-state index contributed by atoms with van der Waals surface area (Å²) >= 11 is 1.98. The first kappa shape index (κ1) is 16.1. The largest absolute Gasteiger partial charge is 0.192 e. The van der Waals surface area contributed by atoms with Crippen LogP contribution in [0.1, 0.15) is 63.0 Å². The Morgan fingerprint density at radius 3 is 2.53 bits per heavy atom. The summed E-state index contributed by atoms with van der Waals surface area (Å²) in [5.74, 6) is 2.27. The molecule has 0 aliphatic rings. The van der Waals surface area contributed by atoms with Gasteiger partial charge in [-0.1, -0.05) is 57.6 Å². The topological polar surface area (TPSA) is 23.8 Å². The van der Waals surface area contributed by atoms with Crippen molar-refractivity contribution in [2.75, 3.05) is 5.75 Å². The molecule has 0 aromatic heterocycles. The van der Waals surface area contributed by atoms with Gasteiger partial charge in [0.25, 0.3) is 0 Å². The molecule has 0 amide bonds. The molecule has 1 nitrogen and oxygen atoms in total.